The maximum atomic E-state index is 12.4. The number of amides is 1. The van der Waals surface area contributed by atoms with E-state index in [0.29, 0.717) is 27.8 Å². The van der Waals surface area contributed by atoms with E-state index < -0.39 is 12.5 Å². The average molecular weight is 408 g/mol. The van der Waals surface area contributed by atoms with Crippen molar-refractivity contribution in [3.63, 3.8) is 0 Å². The number of para-hydroxylation sites is 1. The molecule has 0 atom stereocenters. The van der Waals surface area contributed by atoms with Crippen molar-refractivity contribution >= 4 is 23.2 Å². The summed E-state index contributed by atoms with van der Waals surface area (Å²) >= 11 is 6.02. The Morgan fingerprint density at radius 1 is 1.18 bits per heavy atom. The van der Waals surface area contributed by atoms with E-state index in [9.17, 15) is 13.6 Å². The first kappa shape index (κ1) is 19.7. The Morgan fingerprint density at radius 2 is 1.96 bits per heavy atom. The molecule has 1 amide bonds. The van der Waals surface area contributed by atoms with Crippen molar-refractivity contribution in [2.75, 3.05) is 5.32 Å². The van der Waals surface area contributed by atoms with Gasteiger partial charge in [-0.3, -0.25) is 4.79 Å². The lowest BCUT2D eigenvalue weighted by molar-refractivity contribution is -0.0498. The summed E-state index contributed by atoms with van der Waals surface area (Å²) in [6.07, 6.45) is 0. The van der Waals surface area contributed by atoms with E-state index in [1.807, 2.05) is 0 Å². The quantitative estimate of drug-likeness (QED) is 0.547. The second-order valence-electron chi connectivity index (χ2n) is 5.79. The van der Waals surface area contributed by atoms with Crippen molar-refractivity contribution in [3.8, 4) is 11.5 Å². The van der Waals surface area contributed by atoms with E-state index in [1.54, 1.807) is 37.3 Å². The molecule has 28 heavy (non-hydrogen) atoms. The fourth-order valence-electron chi connectivity index (χ4n) is 2.42. The first-order valence-corrected chi connectivity index (χ1v) is 8.63. The van der Waals surface area contributed by atoms with Gasteiger partial charge in [-0.15, -0.1) is 0 Å². The van der Waals surface area contributed by atoms with Crippen LogP contribution >= 0.6 is 11.6 Å². The summed E-state index contributed by atoms with van der Waals surface area (Å²) in [5, 5.41) is 3.14. The highest BCUT2D eigenvalue weighted by atomic mass is 35.5. The molecule has 1 aromatic heterocycles. The molecule has 0 unspecified atom stereocenters. The van der Waals surface area contributed by atoms with E-state index in [1.165, 1.54) is 24.3 Å². The highest BCUT2D eigenvalue weighted by Gasteiger charge is 2.14. The Hall–Kier alpha value is -3.06. The van der Waals surface area contributed by atoms with Gasteiger partial charge in [-0.05, 0) is 55.0 Å². The molecule has 1 N–H and O–H groups in total. The molecule has 146 valence electrons. The molecule has 0 aliphatic rings. The standard InChI is InChI=1S/C20H16ClF2NO4/c1-12-10-13(28-20(22)23)6-8-16(12)24-19(25)18-9-7-14(27-18)11-26-17-5-3-2-4-15(17)21/h2-10,20H,11H2,1H3,(H,24,25). The van der Waals surface area contributed by atoms with E-state index in [0.717, 1.165) is 0 Å². The predicted octanol–water partition coefficient (Wildman–Crippen LogP) is 5.67. The molecule has 0 bridgehead atoms. The molecule has 5 nitrogen and oxygen atoms in total. The van der Waals surface area contributed by atoms with Crippen molar-refractivity contribution in [3.05, 3.63) is 76.7 Å². The molecule has 0 aliphatic heterocycles. The van der Waals surface area contributed by atoms with Crippen LogP contribution in [0.5, 0.6) is 11.5 Å². The number of nitrogens with one attached hydrogen (secondary N) is 1. The summed E-state index contributed by atoms with van der Waals surface area (Å²) in [5.74, 6) is 0.581. The minimum atomic E-state index is -2.91. The van der Waals surface area contributed by atoms with Gasteiger partial charge in [0.1, 0.15) is 23.9 Å². The smallest absolute Gasteiger partial charge is 0.387 e. The molecule has 3 aromatic rings. The molecule has 3 rings (SSSR count). The first-order chi connectivity index (χ1) is 13.4. The second kappa shape index (κ2) is 8.75. The summed E-state index contributed by atoms with van der Waals surface area (Å²) in [6, 6.07) is 14.4. The number of carbonyl (C=O) groups excluding carboxylic acids is 1. The number of alkyl halides is 2. The lowest BCUT2D eigenvalue weighted by Gasteiger charge is -2.10. The summed E-state index contributed by atoms with van der Waals surface area (Å²) in [7, 11) is 0. The molecule has 0 saturated heterocycles. The van der Waals surface area contributed by atoms with Crippen molar-refractivity contribution < 1.29 is 27.5 Å². The summed E-state index contributed by atoms with van der Waals surface area (Å²) < 4.78 is 39.9. The van der Waals surface area contributed by atoms with Crippen LogP contribution in [0.1, 0.15) is 21.9 Å². The van der Waals surface area contributed by atoms with Gasteiger partial charge in [0.15, 0.2) is 5.76 Å². The number of rotatable bonds is 7. The van der Waals surface area contributed by atoms with E-state index >= 15 is 0 Å². The van der Waals surface area contributed by atoms with Crippen LogP contribution in [0.4, 0.5) is 14.5 Å². The van der Waals surface area contributed by atoms with Gasteiger partial charge in [0.25, 0.3) is 5.91 Å². The fraction of sp³-hybridized carbons (Fsp3) is 0.150. The monoisotopic (exact) mass is 407 g/mol. The molecular formula is C20H16ClF2NO4. The minimum absolute atomic E-state index is 0.0162. The molecule has 0 fully saturated rings. The Kier molecular flexibility index (Phi) is 6.16. The molecule has 8 heteroatoms. The Balaban J connectivity index is 1.62. The van der Waals surface area contributed by atoms with Crippen molar-refractivity contribution in [1.29, 1.82) is 0 Å². The van der Waals surface area contributed by atoms with Crippen LogP contribution in [0.15, 0.2) is 59.0 Å². The second-order valence-corrected chi connectivity index (χ2v) is 6.20. The van der Waals surface area contributed by atoms with Crippen molar-refractivity contribution in [2.45, 2.75) is 20.1 Å². The summed E-state index contributed by atoms with van der Waals surface area (Å²) in [6.45, 7) is -1.14. The number of carbonyl (C=O) groups is 1. The zero-order valence-electron chi connectivity index (χ0n) is 14.7. The van der Waals surface area contributed by atoms with E-state index in [2.05, 4.69) is 10.1 Å². The highest BCUT2D eigenvalue weighted by molar-refractivity contribution is 6.32. The van der Waals surface area contributed by atoms with Crippen LogP contribution in [-0.4, -0.2) is 12.5 Å². The zero-order valence-corrected chi connectivity index (χ0v) is 15.5. The Bertz CT molecular complexity index is 974. The van der Waals surface area contributed by atoms with Crippen LogP contribution in [0, 0.1) is 6.92 Å². The normalized spacial score (nSPS) is 10.8. The number of hydrogen-bond acceptors (Lipinski definition) is 4. The third-order valence-electron chi connectivity index (χ3n) is 3.76. The van der Waals surface area contributed by atoms with Crippen LogP contribution in [0.25, 0.3) is 0 Å². The van der Waals surface area contributed by atoms with Gasteiger partial charge in [-0.2, -0.15) is 8.78 Å². The number of hydrogen-bond donors (Lipinski definition) is 1. The minimum Gasteiger partial charge on any atom is -0.484 e. The highest BCUT2D eigenvalue weighted by Crippen LogP contribution is 2.25. The molecule has 0 radical (unpaired) electrons. The zero-order chi connectivity index (χ0) is 20.1. The van der Waals surface area contributed by atoms with Gasteiger partial charge in [0.05, 0.1) is 5.02 Å². The number of halogens is 3. The maximum absolute atomic E-state index is 12.4. The van der Waals surface area contributed by atoms with Gasteiger partial charge in [-0.1, -0.05) is 23.7 Å². The van der Waals surface area contributed by atoms with E-state index in [-0.39, 0.29) is 18.1 Å². The van der Waals surface area contributed by atoms with Gasteiger partial charge < -0.3 is 19.2 Å². The number of aryl methyl sites for hydroxylation is 1. The predicted molar refractivity (Wildman–Crippen MR) is 100 cm³/mol. The lowest BCUT2D eigenvalue weighted by atomic mass is 10.2. The Labute approximate surface area is 164 Å². The Morgan fingerprint density at radius 3 is 2.68 bits per heavy atom. The third kappa shape index (κ3) is 5.01. The SMILES string of the molecule is Cc1cc(OC(F)F)ccc1NC(=O)c1ccc(COc2ccccc2Cl)o1. The van der Waals surface area contributed by atoms with Crippen molar-refractivity contribution in [1.82, 2.24) is 0 Å². The average Bonchev–Trinajstić information content (AvgIpc) is 3.12. The fourth-order valence-corrected chi connectivity index (χ4v) is 2.61. The molecule has 0 aliphatic carbocycles. The molecular weight excluding hydrogens is 392 g/mol. The van der Waals surface area contributed by atoms with Gasteiger partial charge in [-0.25, -0.2) is 0 Å². The summed E-state index contributed by atoms with van der Waals surface area (Å²) in [5.41, 5.74) is 1.03. The van der Waals surface area contributed by atoms with Crippen LogP contribution in [0.3, 0.4) is 0 Å². The lowest BCUT2D eigenvalue weighted by Crippen LogP contribution is -2.12. The van der Waals surface area contributed by atoms with Gasteiger partial charge >= 0.3 is 6.61 Å². The third-order valence-corrected chi connectivity index (χ3v) is 4.08. The largest absolute Gasteiger partial charge is 0.484 e. The first-order valence-electron chi connectivity index (χ1n) is 8.25. The molecule has 0 spiro atoms. The van der Waals surface area contributed by atoms with Gasteiger partial charge in [0.2, 0.25) is 0 Å². The summed E-state index contributed by atoms with van der Waals surface area (Å²) in [4.78, 5) is 12.4. The van der Waals surface area contributed by atoms with E-state index in [4.69, 9.17) is 20.8 Å². The number of anilines is 1. The maximum Gasteiger partial charge on any atom is 0.387 e. The van der Waals surface area contributed by atoms with Crippen molar-refractivity contribution in [2.24, 2.45) is 0 Å². The topological polar surface area (TPSA) is 60.7 Å². The van der Waals surface area contributed by atoms with Crippen LogP contribution < -0.4 is 14.8 Å². The molecule has 1 heterocycles. The van der Waals surface area contributed by atoms with Gasteiger partial charge in [0, 0.05) is 5.69 Å². The molecule has 0 saturated carbocycles. The number of furan rings is 1. The van der Waals surface area contributed by atoms with Crippen LogP contribution in [0.2, 0.25) is 5.02 Å². The number of benzene rings is 2. The molecule has 2 aromatic carbocycles. The number of ether oxygens (including phenoxy) is 2. The van der Waals surface area contributed by atoms with Crippen LogP contribution in [-0.2, 0) is 6.61 Å².